The van der Waals surface area contributed by atoms with Crippen molar-refractivity contribution in [3.05, 3.63) is 35.6 Å². The first-order valence-corrected chi connectivity index (χ1v) is 4.06. The lowest BCUT2D eigenvalue weighted by molar-refractivity contribution is -0.137. The van der Waals surface area contributed by atoms with Crippen LogP contribution < -0.4 is 0 Å². The first-order chi connectivity index (χ1) is 6.18. The fourth-order valence-corrected chi connectivity index (χ4v) is 1.08. The number of carboxylic acids is 1. The summed E-state index contributed by atoms with van der Waals surface area (Å²) in [5.41, 5.74) is 0.817. The number of aryl methyl sites for hydroxylation is 1. The summed E-state index contributed by atoms with van der Waals surface area (Å²) in [7, 11) is 0. The van der Waals surface area contributed by atoms with Crippen molar-refractivity contribution in [2.75, 3.05) is 0 Å². The molecule has 0 amide bonds. The molecule has 1 rings (SSSR count). The summed E-state index contributed by atoms with van der Waals surface area (Å²) < 4.78 is 12.6. The Morgan fingerprint density at radius 2 is 2.38 bits per heavy atom. The standard InChI is InChI=1S/C10H10FO2/c11-9-5-1-3-8(7-9)4-2-6-10(12)13/h1,3,7H,2,4,6H2,(H,12,13). The topological polar surface area (TPSA) is 37.3 Å². The van der Waals surface area contributed by atoms with Crippen molar-refractivity contribution in [2.45, 2.75) is 19.3 Å². The van der Waals surface area contributed by atoms with E-state index < -0.39 is 11.8 Å². The third-order valence-electron chi connectivity index (χ3n) is 1.69. The predicted molar refractivity (Wildman–Crippen MR) is 45.8 cm³/mol. The number of halogens is 1. The van der Waals surface area contributed by atoms with E-state index in [4.69, 9.17) is 5.11 Å². The van der Waals surface area contributed by atoms with Crippen LogP contribution in [-0.2, 0) is 11.2 Å². The van der Waals surface area contributed by atoms with E-state index in [1.165, 1.54) is 12.1 Å². The largest absolute Gasteiger partial charge is 0.481 e. The third-order valence-corrected chi connectivity index (χ3v) is 1.69. The van der Waals surface area contributed by atoms with Crippen LogP contribution in [0.1, 0.15) is 18.4 Å². The lowest BCUT2D eigenvalue weighted by atomic mass is 10.1. The smallest absolute Gasteiger partial charge is 0.303 e. The van der Waals surface area contributed by atoms with Gasteiger partial charge in [0.25, 0.3) is 0 Å². The van der Waals surface area contributed by atoms with Gasteiger partial charge in [0, 0.05) is 12.5 Å². The van der Waals surface area contributed by atoms with Gasteiger partial charge in [-0.25, -0.2) is 4.39 Å². The Balaban J connectivity index is 2.41. The SMILES string of the molecule is O=C(O)CCCc1cc[c]c(F)c1. The number of rotatable bonds is 4. The van der Waals surface area contributed by atoms with Gasteiger partial charge in [0.2, 0.25) is 0 Å². The Morgan fingerprint density at radius 3 is 3.00 bits per heavy atom. The molecule has 0 aliphatic carbocycles. The van der Waals surface area contributed by atoms with E-state index in [1.807, 2.05) is 0 Å². The van der Waals surface area contributed by atoms with Crippen LogP contribution in [-0.4, -0.2) is 11.1 Å². The van der Waals surface area contributed by atoms with Crippen molar-refractivity contribution in [2.24, 2.45) is 0 Å². The zero-order chi connectivity index (χ0) is 9.68. The van der Waals surface area contributed by atoms with Crippen LogP contribution in [0, 0.1) is 11.9 Å². The van der Waals surface area contributed by atoms with Crippen molar-refractivity contribution in [1.82, 2.24) is 0 Å². The van der Waals surface area contributed by atoms with Gasteiger partial charge in [0.1, 0.15) is 5.82 Å². The van der Waals surface area contributed by atoms with Crippen LogP contribution in [0.25, 0.3) is 0 Å². The molecule has 0 saturated carbocycles. The maximum atomic E-state index is 12.6. The number of benzene rings is 1. The molecule has 2 nitrogen and oxygen atoms in total. The van der Waals surface area contributed by atoms with Crippen LogP contribution in [0.3, 0.4) is 0 Å². The average Bonchev–Trinajstić information content (AvgIpc) is 2.03. The van der Waals surface area contributed by atoms with Crippen molar-refractivity contribution in [3.8, 4) is 0 Å². The van der Waals surface area contributed by atoms with Gasteiger partial charge in [0.05, 0.1) is 0 Å². The van der Waals surface area contributed by atoms with Crippen molar-refractivity contribution < 1.29 is 14.3 Å². The number of hydrogen-bond acceptors (Lipinski definition) is 1. The van der Waals surface area contributed by atoms with Crippen molar-refractivity contribution in [1.29, 1.82) is 0 Å². The van der Waals surface area contributed by atoms with E-state index in [0.717, 1.165) is 5.56 Å². The van der Waals surface area contributed by atoms with Crippen LogP contribution in [0.2, 0.25) is 0 Å². The summed E-state index contributed by atoms with van der Waals surface area (Å²) in [6.07, 6.45) is 1.26. The maximum absolute atomic E-state index is 12.6. The highest BCUT2D eigenvalue weighted by atomic mass is 19.1. The van der Waals surface area contributed by atoms with Gasteiger partial charge in [-0.1, -0.05) is 12.1 Å². The molecule has 69 valence electrons. The molecule has 1 radical (unpaired) electrons. The molecule has 0 aromatic heterocycles. The normalized spacial score (nSPS) is 9.92. The summed E-state index contributed by atoms with van der Waals surface area (Å²) in [5.74, 6) is -1.21. The highest BCUT2D eigenvalue weighted by Crippen LogP contribution is 2.06. The fourth-order valence-electron chi connectivity index (χ4n) is 1.08. The summed E-state index contributed by atoms with van der Waals surface area (Å²) in [6, 6.07) is 7.01. The number of hydrogen-bond donors (Lipinski definition) is 1. The summed E-state index contributed by atoms with van der Waals surface area (Å²) in [4.78, 5) is 10.2. The lowest BCUT2D eigenvalue weighted by Gasteiger charge is -1.98. The quantitative estimate of drug-likeness (QED) is 0.771. The minimum Gasteiger partial charge on any atom is -0.481 e. The van der Waals surface area contributed by atoms with E-state index in [-0.39, 0.29) is 6.42 Å². The number of aliphatic carboxylic acids is 1. The average molecular weight is 181 g/mol. The summed E-state index contributed by atoms with van der Waals surface area (Å²) in [6.45, 7) is 0. The van der Waals surface area contributed by atoms with Gasteiger partial charge in [-0.15, -0.1) is 0 Å². The Morgan fingerprint density at radius 1 is 1.62 bits per heavy atom. The van der Waals surface area contributed by atoms with Crippen molar-refractivity contribution >= 4 is 5.97 Å². The molecule has 0 spiro atoms. The monoisotopic (exact) mass is 181 g/mol. The van der Waals surface area contributed by atoms with Gasteiger partial charge >= 0.3 is 5.97 Å². The second-order valence-corrected chi connectivity index (χ2v) is 2.79. The summed E-state index contributed by atoms with van der Waals surface area (Å²) >= 11 is 0. The van der Waals surface area contributed by atoms with Crippen LogP contribution in [0.15, 0.2) is 18.2 Å². The Kier molecular flexibility index (Phi) is 3.43. The molecule has 13 heavy (non-hydrogen) atoms. The van der Waals surface area contributed by atoms with Gasteiger partial charge in [-0.3, -0.25) is 4.79 Å². The van der Waals surface area contributed by atoms with E-state index in [2.05, 4.69) is 6.07 Å². The first kappa shape index (κ1) is 9.71. The second kappa shape index (κ2) is 4.60. The van der Waals surface area contributed by atoms with E-state index in [1.54, 1.807) is 6.07 Å². The highest BCUT2D eigenvalue weighted by molar-refractivity contribution is 5.66. The van der Waals surface area contributed by atoms with Gasteiger partial charge in [-0.05, 0) is 24.5 Å². The molecule has 0 saturated heterocycles. The zero-order valence-electron chi connectivity index (χ0n) is 7.09. The van der Waals surface area contributed by atoms with Crippen LogP contribution >= 0.6 is 0 Å². The maximum Gasteiger partial charge on any atom is 0.303 e. The molecule has 0 aliphatic rings. The molecule has 1 aromatic carbocycles. The first-order valence-electron chi connectivity index (χ1n) is 4.06. The molecular formula is C10H10FO2. The van der Waals surface area contributed by atoms with Gasteiger partial charge < -0.3 is 5.11 Å². The lowest BCUT2D eigenvalue weighted by Crippen LogP contribution is -1.96. The minimum atomic E-state index is -0.817. The molecule has 3 heteroatoms. The van der Waals surface area contributed by atoms with Crippen LogP contribution in [0.5, 0.6) is 0 Å². The Hall–Kier alpha value is -1.38. The molecule has 0 unspecified atom stereocenters. The molecule has 0 bridgehead atoms. The zero-order valence-corrected chi connectivity index (χ0v) is 7.09. The van der Waals surface area contributed by atoms with Gasteiger partial charge in [-0.2, -0.15) is 0 Å². The number of carbonyl (C=O) groups is 1. The highest BCUT2D eigenvalue weighted by Gasteiger charge is 1.99. The van der Waals surface area contributed by atoms with E-state index in [9.17, 15) is 9.18 Å². The summed E-state index contributed by atoms with van der Waals surface area (Å²) in [5, 5.41) is 8.37. The predicted octanol–water partition coefficient (Wildman–Crippen LogP) is 2.03. The fraction of sp³-hybridized carbons (Fsp3) is 0.300. The molecule has 0 atom stereocenters. The third kappa shape index (κ3) is 3.69. The molecule has 0 fully saturated rings. The van der Waals surface area contributed by atoms with Crippen LogP contribution in [0.4, 0.5) is 4.39 Å². The van der Waals surface area contributed by atoms with E-state index >= 15 is 0 Å². The second-order valence-electron chi connectivity index (χ2n) is 2.79. The Bertz CT molecular complexity index is 297. The van der Waals surface area contributed by atoms with E-state index in [0.29, 0.717) is 12.8 Å². The minimum absolute atomic E-state index is 0.125. The molecule has 0 heterocycles. The van der Waals surface area contributed by atoms with Crippen molar-refractivity contribution in [3.63, 3.8) is 0 Å². The molecular weight excluding hydrogens is 171 g/mol. The van der Waals surface area contributed by atoms with Gasteiger partial charge in [0.15, 0.2) is 0 Å². The molecule has 1 N–H and O–H groups in total. The molecule has 1 aromatic rings. The molecule has 0 aliphatic heterocycles. The Labute approximate surface area is 76.0 Å². The number of carboxylic acid groups (broad SMARTS) is 1.